The van der Waals surface area contributed by atoms with Gasteiger partial charge in [0.05, 0.1) is 22.8 Å². The van der Waals surface area contributed by atoms with E-state index in [9.17, 15) is 9.59 Å². The molecular formula is C36H48Cl2N6O2S. The number of carbonyl (C=O) groups is 2. The summed E-state index contributed by atoms with van der Waals surface area (Å²) in [6.45, 7) is 5.70. The molecule has 3 aromatic rings. The van der Waals surface area contributed by atoms with Gasteiger partial charge >= 0.3 is 0 Å². The predicted molar refractivity (Wildman–Crippen MR) is 193 cm³/mol. The lowest BCUT2D eigenvalue weighted by Crippen LogP contribution is -2.64. The fraction of sp³-hybridized carbons (Fsp3) is 0.528. The van der Waals surface area contributed by atoms with Gasteiger partial charge in [0.15, 0.2) is 5.16 Å². The molecule has 47 heavy (non-hydrogen) atoms. The van der Waals surface area contributed by atoms with Gasteiger partial charge in [0.25, 0.3) is 5.91 Å². The van der Waals surface area contributed by atoms with Gasteiger partial charge < -0.3 is 19.3 Å². The summed E-state index contributed by atoms with van der Waals surface area (Å²) >= 11 is 14.3. The van der Waals surface area contributed by atoms with E-state index < -0.39 is 5.54 Å². The topological polar surface area (TPSA) is 64.9 Å². The van der Waals surface area contributed by atoms with E-state index in [-0.39, 0.29) is 17.7 Å². The van der Waals surface area contributed by atoms with Crippen molar-refractivity contribution < 1.29 is 9.59 Å². The van der Waals surface area contributed by atoms with Gasteiger partial charge in [-0.2, -0.15) is 0 Å². The smallest absolute Gasteiger partial charge is 0.271 e. The second-order valence-electron chi connectivity index (χ2n) is 13.2. The number of imidazole rings is 1. The Morgan fingerprint density at radius 2 is 1.66 bits per heavy atom. The van der Waals surface area contributed by atoms with Crippen molar-refractivity contribution in [3.05, 3.63) is 81.6 Å². The number of hydrogen-bond acceptors (Lipinski definition) is 6. The van der Waals surface area contributed by atoms with Crippen molar-refractivity contribution in [1.82, 2.24) is 29.2 Å². The third kappa shape index (κ3) is 8.36. The molecule has 2 saturated heterocycles. The van der Waals surface area contributed by atoms with Crippen LogP contribution in [-0.4, -0.2) is 113 Å². The number of likely N-dealkylation sites (N-methyl/N-ethyl adjacent to an activating group) is 2. The lowest BCUT2D eigenvalue weighted by atomic mass is 9.82. The van der Waals surface area contributed by atoms with E-state index in [1.807, 2.05) is 73.3 Å². The molecule has 0 bridgehead atoms. The zero-order valence-electron chi connectivity index (χ0n) is 28.1. The zero-order chi connectivity index (χ0) is 33.6. The van der Waals surface area contributed by atoms with Crippen LogP contribution in [0.15, 0.2) is 59.9 Å². The van der Waals surface area contributed by atoms with Crippen molar-refractivity contribution >= 4 is 46.8 Å². The number of hydrogen-bond donors (Lipinski definition) is 0. The Bertz CT molecular complexity index is 1500. The molecular weight excluding hydrogens is 651 g/mol. The molecule has 0 N–H and O–H groups in total. The number of benzene rings is 2. The number of carbonyl (C=O) groups excluding carboxylic acids is 2. The van der Waals surface area contributed by atoms with Gasteiger partial charge in [0, 0.05) is 46.7 Å². The van der Waals surface area contributed by atoms with Gasteiger partial charge in [0.2, 0.25) is 5.91 Å². The van der Waals surface area contributed by atoms with Crippen LogP contribution < -0.4 is 0 Å². The molecule has 0 radical (unpaired) electrons. The number of halogens is 2. The SMILES string of the molecule is CSc1ncc(C(=O)N(C)CC(CCN2CCC(C(=O)N(C)C)(N3CCCCC3)CC2)c2ccc(Cl)c(Cl)c2)n1Cc1ccccc1. The highest BCUT2D eigenvalue weighted by molar-refractivity contribution is 7.98. The van der Waals surface area contributed by atoms with E-state index in [2.05, 4.69) is 26.9 Å². The van der Waals surface area contributed by atoms with Gasteiger partial charge in [-0.15, -0.1) is 0 Å². The van der Waals surface area contributed by atoms with Crippen LogP contribution in [0, 0.1) is 0 Å². The highest BCUT2D eigenvalue weighted by Crippen LogP contribution is 2.35. The predicted octanol–water partition coefficient (Wildman–Crippen LogP) is 6.61. The molecule has 2 fully saturated rings. The van der Waals surface area contributed by atoms with E-state index in [0.29, 0.717) is 28.8 Å². The van der Waals surface area contributed by atoms with Crippen molar-refractivity contribution in [2.75, 3.05) is 66.7 Å². The fourth-order valence-electron chi connectivity index (χ4n) is 7.24. The van der Waals surface area contributed by atoms with Crippen LogP contribution >= 0.6 is 35.0 Å². The standard InChI is InChI=1S/C36H48Cl2N6O2S/c1-40(2)34(46)36(43-18-9-6-10-19-43)16-21-42(22-17-36)20-15-29(28-13-14-30(37)31(38)23-28)26-41(3)33(45)32-24-39-35(47-4)44(32)25-27-11-7-5-8-12-27/h5,7-8,11-14,23-24,29H,6,9-10,15-22,25-26H2,1-4H3. The molecule has 1 aromatic heterocycles. The molecule has 2 aromatic carbocycles. The molecule has 0 saturated carbocycles. The van der Waals surface area contributed by atoms with Crippen molar-refractivity contribution in [2.45, 2.75) is 61.7 Å². The summed E-state index contributed by atoms with van der Waals surface area (Å²) in [5.74, 6) is 0.218. The maximum Gasteiger partial charge on any atom is 0.271 e. The van der Waals surface area contributed by atoms with Crippen LogP contribution in [-0.2, 0) is 11.3 Å². The van der Waals surface area contributed by atoms with Gasteiger partial charge in [-0.25, -0.2) is 4.98 Å². The molecule has 5 rings (SSSR count). The Morgan fingerprint density at radius 3 is 2.30 bits per heavy atom. The van der Waals surface area contributed by atoms with Crippen LogP contribution in [0.3, 0.4) is 0 Å². The Hall–Kier alpha value is -2.56. The van der Waals surface area contributed by atoms with E-state index in [1.165, 1.54) is 18.2 Å². The molecule has 1 atom stereocenters. The fourth-order valence-corrected chi connectivity index (χ4v) is 8.09. The first-order valence-corrected chi connectivity index (χ1v) is 18.6. The maximum atomic E-state index is 14.0. The van der Waals surface area contributed by atoms with Crippen LogP contribution in [0.25, 0.3) is 0 Å². The molecule has 1 unspecified atom stereocenters. The third-order valence-corrected chi connectivity index (χ3v) is 11.3. The second-order valence-corrected chi connectivity index (χ2v) is 14.8. The van der Waals surface area contributed by atoms with Crippen LogP contribution in [0.4, 0.5) is 0 Å². The van der Waals surface area contributed by atoms with Gasteiger partial charge in [-0.3, -0.25) is 14.5 Å². The molecule has 8 nitrogen and oxygen atoms in total. The summed E-state index contributed by atoms with van der Waals surface area (Å²) in [7, 11) is 5.64. The van der Waals surface area contributed by atoms with Crippen molar-refractivity contribution in [3.63, 3.8) is 0 Å². The summed E-state index contributed by atoms with van der Waals surface area (Å²) in [6, 6.07) is 15.9. The van der Waals surface area contributed by atoms with Gasteiger partial charge in [-0.05, 0) is 81.3 Å². The van der Waals surface area contributed by atoms with Crippen molar-refractivity contribution in [1.29, 1.82) is 0 Å². The van der Waals surface area contributed by atoms with Gasteiger partial charge in [-0.1, -0.05) is 77.8 Å². The molecule has 0 spiro atoms. The van der Waals surface area contributed by atoms with Crippen LogP contribution in [0.1, 0.15) is 66.1 Å². The number of piperidine rings is 2. The van der Waals surface area contributed by atoms with Crippen molar-refractivity contribution in [3.8, 4) is 0 Å². The second kappa shape index (κ2) is 16.2. The first kappa shape index (κ1) is 35.7. The largest absolute Gasteiger partial charge is 0.347 e. The number of thioether (sulfide) groups is 1. The summed E-state index contributed by atoms with van der Waals surface area (Å²) < 4.78 is 2.00. The molecule has 11 heteroatoms. The monoisotopic (exact) mass is 698 g/mol. The van der Waals surface area contributed by atoms with E-state index >= 15 is 0 Å². The Balaban J connectivity index is 1.30. The van der Waals surface area contributed by atoms with E-state index in [0.717, 1.165) is 81.1 Å². The Kier molecular flexibility index (Phi) is 12.3. The maximum absolute atomic E-state index is 14.0. The summed E-state index contributed by atoms with van der Waals surface area (Å²) in [4.78, 5) is 40.7. The minimum Gasteiger partial charge on any atom is -0.347 e. The minimum atomic E-state index is -0.408. The number of likely N-dealkylation sites (tertiary alicyclic amines) is 2. The number of nitrogens with zero attached hydrogens (tertiary/aromatic N) is 6. The van der Waals surface area contributed by atoms with E-state index in [1.54, 1.807) is 11.1 Å². The first-order chi connectivity index (χ1) is 22.6. The van der Waals surface area contributed by atoms with E-state index in [4.69, 9.17) is 23.2 Å². The van der Waals surface area contributed by atoms with Crippen molar-refractivity contribution in [2.24, 2.45) is 0 Å². The lowest BCUT2D eigenvalue weighted by Gasteiger charge is -2.50. The first-order valence-electron chi connectivity index (χ1n) is 16.7. The number of amides is 2. The quantitative estimate of drug-likeness (QED) is 0.198. The normalized spacial score (nSPS) is 17.7. The zero-order valence-corrected chi connectivity index (χ0v) is 30.5. The summed E-state index contributed by atoms with van der Waals surface area (Å²) in [5, 5.41) is 1.84. The number of rotatable bonds is 12. The van der Waals surface area contributed by atoms with Crippen LogP contribution in [0.2, 0.25) is 10.0 Å². The molecule has 0 aliphatic carbocycles. The summed E-state index contributed by atoms with van der Waals surface area (Å²) in [6.07, 6.45) is 9.76. The Morgan fingerprint density at radius 1 is 0.957 bits per heavy atom. The average Bonchev–Trinajstić information content (AvgIpc) is 3.50. The third-order valence-electron chi connectivity index (χ3n) is 9.90. The number of aromatic nitrogens is 2. The van der Waals surface area contributed by atoms with Gasteiger partial charge in [0.1, 0.15) is 11.2 Å². The molecule has 3 heterocycles. The molecule has 2 aliphatic heterocycles. The van der Waals surface area contributed by atoms with Crippen LogP contribution in [0.5, 0.6) is 0 Å². The average molecular weight is 700 g/mol. The molecule has 2 aliphatic rings. The molecule has 2 amide bonds. The highest BCUT2D eigenvalue weighted by Gasteiger charge is 2.47. The summed E-state index contributed by atoms with van der Waals surface area (Å²) in [5.41, 5.74) is 2.34. The Labute approximate surface area is 294 Å². The highest BCUT2D eigenvalue weighted by atomic mass is 35.5. The lowest BCUT2D eigenvalue weighted by molar-refractivity contribution is -0.147. The molecule has 254 valence electrons. The minimum absolute atomic E-state index is 0.0430.